The highest BCUT2D eigenvalue weighted by Crippen LogP contribution is 2.36. The molecule has 0 aliphatic carbocycles. The third kappa shape index (κ3) is 4.14. The highest BCUT2D eigenvalue weighted by Gasteiger charge is 2.29. The Hall–Kier alpha value is -1.69. The second-order valence-electron chi connectivity index (χ2n) is 5.54. The van der Waals surface area contributed by atoms with Crippen LogP contribution in [-0.4, -0.2) is 34.2 Å². The number of carboxylic acid groups (broad SMARTS) is 1. The summed E-state index contributed by atoms with van der Waals surface area (Å²) in [6.45, 7) is 4.51. The van der Waals surface area contributed by atoms with Crippen molar-refractivity contribution < 1.29 is 14.7 Å². The minimum Gasteiger partial charge on any atom is -0.478 e. The number of rotatable bonds is 4. The number of nitrogens with one attached hydrogen (secondary N) is 2. The van der Waals surface area contributed by atoms with Crippen molar-refractivity contribution in [2.45, 2.75) is 31.4 Å². The van der Waals surface area contributed by atoms with Gasteiger partial charge in [0.05, 0.1) is 5.56 Å². The van der Waals surface area contributed by atoms with Gasteiger partial charge < -0.3 is 15.7 Å². The van der Waals surface area contributed by atoms with Crippen LogP contribution in [0.5, 0.6) is 0 Å². The van der Waals surface area contributed by atoms with Gasteiger partial charge in [0.15, 0.2) is 0 Å². The molecule has 1 heterocycles. The number of carbonyl (C=O) groups excluding carboxylic acids is 1. The zero-order chi connectivity index (χ0) is 15.5. The molecule has 1 atom stereocenters. The largest absolute Gasteiger partial charge is 0.478 e. The molecule has 1 aliphatic rings. The lowest BCUT2D eigenvalue weighted by atomic mass is 10.1. The van der Waals surface area contributed by atoms with E-state index in [1.807, 2.05) is 11.8 Å². The zero-order valence-corrected chi connectivity index (χ0v) is 13.0. The summed E-state index contributed by atoms with van der Waals surface area (Å²) in [6.07, 6.45) is 2.31. The first-order valence-corrected chi connectivity index (χ1v) is 7.91. The Morgan fingerprint density at radius 2 is 2.19 bits per heavy atom. The van der Waals surface area contributed by atoms with Crippen LogP contribution in [-0.2, 0) is 0 Å². The smallest absolute Gasteiger partial charge is 0.335 e. The summed E-state index contributed by atoms with van der Waals surface area (Å²) >= 11 is 1.89. The number of carboxylic acids is 1. The monoisotopic (exact) mass is 308 g/mol. The first kappa shape index (κ1) is 15.7. The molecule has 0 radical (unpaired) electrons. The number of urea groups is 1. The van der Waals surface area contributed by atoms with Crippen molar-refractivity contribution in [3.05, 3.63) is 29.3 Å². The van der Waals surface area contributed by atoms with Crippen molar-refractivity contribution in [3.8, 4) is 0 Å². The Kier molecular flexibility index (Phi) is 4.77. The van der Waals surface area contributed by atoms with E-state index in [4.69, 9.17) is 5.11 Å². The fourth-order valence-corrected chi connectivity index (χ4v) is 3.64. The lowest BCUT2D eigenvalue weighted by molar-refractivity contribution is 0.0696. The molecule has 6 heteroatoms. The van der Waals surface area contributed by atoms with E-state index in [2.05, 4.69) is 17.6 Å². The number of aryl methyl sites for hydroxylation is 1. The van der Waals surface area contributed by atoms with E-state index in [0.717, 1.165) is 12.2 Å². The summed E-state index contributed by atoms with van der Waals surface area (Å²) < 4.78 is 0.125. The number of hydrogen-bond acceptors (Lipinski definition) is 3. The first-order valence-electron chi connectivity index (χ1n) is 6.92. The molecule has 0 spiro atoms. The quantitative estimate of drug-likeness (QED) is 0.798. The number of benzene rings is 1. The molecule has 1 unspecified atom stereocenters. The lowest BCUT2D eigenvalue weighted by Crippen LogP contribution is -2.39. The van der Waals surface area contributed by atoms with E-state index in [1.165, 1.54) is 12.5 Å². The second kappa shape index (κ2) is 6.39. The van der Waals surface area contributed by atoms with Crippen LogP contribution < -0.4 is 10.6 Å². The van der Waals surface area contributed by atoms with Gasteiger partial charge >= 0.3 is 12.0 Å². The minimum absolute atomic E-state index is 0.125. The second-order valence-corrected chi connectivity index (χ2v) is 7.23. The Morgan fingerprint density at radius 3 is 2.76 bits per heavy atom. The van der Waals surface area contributed by atoms with Gasteiger partial charge in [-0.25, -0.2) is 9.59 Å². The topological polar surface area (TPSA) is 78.4 Å². The molecule has 1 aromatic rings. The number of amides is 2. The van der Waals surface area contributed by atoms with E-state index >= 15 is 0 Å². The molecular formula is C15H20N2O3S. The molecule has 114 valence electrons. The molecule has 2 rings (SSSR count). The van der Waals surface area contributed by atoms with Gasteiger partial charge in [-0.15, -0.1) is 0 Å². The Morgan fingerprint density at radius 1 is 1.43 bits per heavy atom. The van der Waals surface area contributed by atoms with E-state index < -0.39 is 5.97 Å². The van der Waals surface area contributed by atoms with Crippen LogP contribution in [0.25, 0.3) is 0 Å². The summed E-state index contributed by atoms with van der Waals surface area (Å²) in [4.78, 5) is 22.8. The fourth-order valence-electron chi connectivity index (χ4n) is 2.40. The van der Waals surface area contributed by atoms with Crippen LogP contribution >= 0.6 is 11.8 Å². The van der Waals surface area contributed by atoms with Gasteiger partial charge in [0.25, 0.3) is 0 Å². The van der Waals surface area contributed by atoms with Gasteiger partial charge in [0.1, 0.15) is 0 Å². The van der Waals surface area contributed by atoms with Crippen LogP contribution in [0.2, 0.25) is 0 Å². The average molecular weight is 308 g/mol. The highest BCUT2D eigenvalue weighted by molar-refractivity contribution is 8.00. The van der Waals surface area contributed by atoms with Gasteiger partial charge in [-0.1, -0.05) is 0 Å². The van der Waals surface area contributed by atoms with E-state index in [1.54, 1.807) is 19.1 Å². The van der Waals surface area contributed by atoms with E-state index in [-0.39, 0.29) is 16.3 Å². The van der Waals surface area contributed by atoms with Crippen molar-refractivity contribution in [1.82, 2.24) is 5.32 Å². The molecule has 5 nitrogen and oxygen atoms in total. The molecule has 1 fully saturated rings. The predicted octanol–water partition coefficient (Wildman–Crippen LogP) is 3.10. The minimum atomic E-state index is -0.963. The highest BCUT2D eigenvalue weighted by atomic mass is 32.2. The van der Waals surface area contributed by atoms with Gasteiger partial charge in [0, 0.05) is 17.0 Å². The number of anilines is 1. The molecule has 0 aromatic heterocycles. The number of hydrogen-bond donors (Lipinski definition) is 3. The van der Waals surface area contributed by atoms with Crippen molar-refractivity contribution >= 4 is 29.4 Å². The summed E-state index contributed by atoms with van der Waals surface area (Å²) in [7, 11) is 0. The van der Waals surface area contributed by atoms with Crippen LogP contribution in [0, 0.1) is 6.92 Å². The first-order chi connectivity index (χ1) is 9.89. The molecule has 0 bridgehead atoms. The summed E-state index contributed by atoms with van der Waals surface area (Å²) in [5.74, 6) is 0.185. The van der Waals surface area contributed by atoms with Gasteiger partial charge in [-0.2, -0.15) is 11.8 Å². The third-order valence-electron chi connectivity index (χ3n) is 3.64. The molecule has 1 aliphatic heterocycles. The van der Waals surface area contributed by atoms with Crippen molar-refractivity contribution in [2.75, 3.05) is 17.6 Å². The standard InChI is InChI=1S/C15H20N2O3S/c1-10-8-11(4-5-12(10)13(18)19)17-14(20)16-9-15(2)6-3-7-21-15/h4-5,8H,3,6-7,9H2,1-2H3,(H,18,19)(H2,16,17,20). The van der Waals surface area contributed by atoms with Crippen LogP contribution in [0.1, 0.15) is 35.7 Å². The summed E-state index contributed by atoms with van der Waals surface area (Å²) in [6, 6.07) is 4.50. The van der Waals surface area contributed by atoms with Gasteiger partial charge in [-0.3, -0.25) is 0 Å². The maximum Gasteiger partial charge on any atom is 0.335 e. The zero-order valence-electron chi connectivity index (χ0n) is 12.2. The molecule has 0 saturated carbocycles. The molecule has 2 amide bonds. The molecule has 21 heavy (non-hydrogen) atoms. The molecule has 3 N–H and O–H groups in total. The normalized spacial score (nSPS) is 21.0. The van der Waals surface area contributed by atoms with E-state index in [9.17, 15) is 9.59 Å². The fraction of sp³-hybridized carbons (Fsp3) is 0.467. The maximum atomic E-state index is 11.9. The lowest BCUT2D eigenvalue weighted by Gasteiger charge is -2.23. The van der Waals surface area contributed by atoms with Gasteiger partial charge in [0.2, 0.25) is 0 Å². The summed E-state index contributed by atoms with van der Waals surface area (Å²) in [5.41, 5.74) is 1.47. The Labute approximate surface area is 128 Å². The average Bonchev–Trinajstić information content (AvgIpc) is 2.84. The number of thioether (sulfide) groups is 1. The predicted molar refractivity (Wildman–Crippen MR) is 85.3 cm³/mol. The van der Waals surface area contributed by atoms with Gasteiger partial charge in [-0.05, 0) is 56.2 Å². The SMILES string of the molecule is Cc1cc(NC(=O)NCC2(C)CCCS2)ccc1C(=O)O. The van der Waals surface area contributed by atoms with Crippen molar-refractivity contribution in [1.29, 1.82) is 0 Å². The molecular weight excluding hydrogens is 288 g/mol. The van der Waals surface area contributed by atoms with Crippen LogP contribution in [0.4, 0.5) is 10.5 Å². The Bertz CT molecular complexity index is 554. The van der Waals surface area contributed by atoms with Crippen molar-refractivity contribution in [2.24, 2.45) is 0 Å². The molecule has 1 saturated heterocycles. The maximum absolute atomic E-state index is 11.9. The summed E-state index contributed by atoms with van der Waals surface area (Å²) in [5, 5.41) is 14.6. The third-order valence-corrected chi connectivity index (χ3v) is 5.18. The van der Waals surface area contributed by atoms with Crippen LogP contribution in [0.15, 0.2) is 18.2 Å². The van der Waals surface area contributed by atoms with Crippen LogP contribution in [0.3, 0.4) is 0 Å². The number of aromatic carboxylic acids is 1. The Balaban J connectivity index is 1.90. The molecule has 1 aromatic carbocycles. The number of carbonyl (C=O) groups is 2. The van der Waals surface area contributed by atoms with Crippen molar-refractivity contribution in [3.63, 3.8) is 0 Å². The van der Waals surface area contributed by atoms with E-state index in [0.29, 0.717) is 17.8 Å².